The van der Waals surface area contributed by atoms with E-state index in [4.69, 9.17) is 24.7 Å². The van der Waals surface area contributed by atoms with Crippen LogP contribution in [-0.4, -0.2) is 49.8 Å². The van der Waals surface area contributed by atoms with Gasteiger partial charge in [0.1, 0.15) is 5.75 Å². The number of aliphatic hydroxyl groups is 1. The molecule has 1 aliphatic rings. The van der Waals surface area contributed by atoms with Crippen LogP contribution in [0.3, 0.4) is 0 Å². The Morgan fingerprint density at radius 1 is 1.08 bits per heavy atom. The fourth-order valence-electron chi connectivity index (χ4n) is 4.02. The number of nitrogens with two attached hydrogens (primary N) is 1. The van der Waals surface area contributed by atoms with Crippen LogP contribution in [0.1, 0.15) is 62.3 Å². The quantitative estimate of drug-likeness (QED) is 0.247. The zero-order valence-electron chi connectivity index (χ0n) is 22.0. The molecule has 2 aromatic carbocycles. The number of urea groups is 1. The Bertz CT molecular complexity index is 984. The summed E-state index contributed by atoms with van der Waals surface area (Å²) in [5, 5.41) is 16.4. The van der Waals surface area contributed by atoms with Crippen LogP contribution < -0.4 is 21.1 Å². The summed E-state index contributed by atoms with van der Waals surface area (Å²) in [6.45, 7) is 7.89. The predicted octanol–water partition coefficient (Wildman–Crippen LogP) is 4.24. The minimum atomic E-state index is -0.614. The van der Waals surface area contributed by atoms with E-state index in [1.165, 1.54) is 0 Å². The van der Waals surface area contributed by atoms with Gasteiger partial charge in [-0.3, -0.25) is 0 Å². The highest BCUT2D eigenvalue weighted by Crippen LogP contribution is 2.32. The van der Waals surface area contributed by atoms with Crippen LogP contribution in [0.2, 0.25) is 0 Å². The molecule has 9 heteroatoms. The second-order valence-corrected chi connectivity index (χ2v) is 9.65. The molecule has 0 bridgehead atoms. The lowest BCUT2D eigenvalue weighted by Crippen LogP contribution is -2.35. The molecule has 9 nitrogen and oxygen atoms in total. The number of amides is 2. The van der Waals surface area contributed by atoms with Crippen LogP contribution >= 0.6 is 0 Å². The van der Waals surface area contributed by atoms with E-state index in [0.717, 1.165) is 61.3 Å². The Balaban J connectivity index is 1.15. The summed E-state index contributed by atoms with van der Waals surface area (Å²) in [5.41, 5.74) is 8.58. The number of anilines is 1. The van der Waals surface area contributed by atoms with E-state index in [1.807, 2.05) is 50.2 Å². The van der Waals surface area contributed by atoms with Crippen molar-refractivity contribution in [3.05, 3.63) is 59.2 Å². The van der Waals surface area contributed by atoms with Gasteiger partial charge in [-0.15, -0.1) is 0 Å². The summed E-state index contributed by atoms with van der Waals surface area (Å²) in [6, 6.07) is 12.6. The Labute approximate surface area is 219 Å². The topological polar surface area (TPSA) is 124 Å². The Morgan fingerprint density at radius 2 is 1.89 bits per heavy atom. The number of aliphatic hydroxyl groups excluding tert-OH is 1. The monoisotopic (exact) mass is 515 g/mol. The molecule has 3 rings (SSSR count). The molecule has 0 saturated carbocycles. The zero-order valence-corrected chi connectivity index (χ0v) is 22.0. The Morgan fingerprint density at radius 3 is 2.73 bits per heavy atom. The van der Waals surface area contributed by atoms with Crippen molar-refractivity contribution in [1.82, 2.24) is 5.32 Å². The largest absolute Gasteiger partial charge is 0.463 e. The highest BCUT2D eigenvalue weighted by atomic mass is 16.7. The SMILES string of the molecule is CC1(C)OCc2cc([C@@H](O)CNCCCCCCOCCOCc3cccc(NC(N)=O)c3)ccc2O1. The lowest BCUT2D eigenvalue weighted by molar-refractivity contribution is -0.180. The minimum Gasteiger partial charge on any atom is -0.463 e. The van der Waals surface area contributed by atoms with E-state index in [1.54, 1.807) is 6.07 Å². The molecule has 0 spiro atoms. The lowest BCUT2D eigenvalue weighted by atomic mass is 10.0. The van der Waals surface area contributed by atoms with Gasteiger partial charge in [-0.2, -0.15) is 0 Å². The van der Waals surface area contributed by atoms with Crippen LogP contribution in [-0.2, 0) is 27.4 Å². The molecular weight excluding hydrogens is 474 g/mol. The fourth-order valence-corrected chi connectivity index (χ4v) is 4.02. The molecule has 204 valence electrons. The molecule has 5 N–H and O–H groups in total. The van der Waals surface area contributed by atoms with E-state index in [-0.39, 0.29) is 0 Å². The first-order valence-corrected chi connectivity index (χ1v) is 13.0. The van der Waals surface area contributed by atoms with Crippen molar-refractivity contribution in [2.75, 3.05) is 38.2 Å². The standard InChI is InChI=1S/C28H41N3O6/c1-28(2)36-20-23-17-22(10-11-26(23)37-28)25(32)18-30-12-5-3-4-6-13-34-14-15-35-19-21-8-7-9-24(16-21)31-27(29)33/h7-11,16-17,25,30,32H,3-6,12-15,18-20H2,1-2H3,(H3,29,31,33)/t25-/m0/s1. The van der Waals surface area contributed by atoms with Gasteiger partial charge in [0, 0.05) is 38.2 Å². The number of carbonyl (C=O) groups excluding carboxylic acids is 1. The molecule has 0 unspecified atom stereocenters. The summed E-state index contributed by atoms with van der Waals surface area (Å²) < 4.78 is 22.8. The van der Waals surface area contributed by atoms with E-state index in [9.17, 15) is 9.90 Å². The Kier molecular flexibility index (Phi) is 11.6. The molecule has 0 aliphatic carbocycles. The van der Waals surface area contributed by atoms with Gasteiger partial charge in [0.15, 0.2) is 0 Å². The molecule has 0 radical (unpaired) electrons. The van der Waals surface area contributed by atoms with E-state index in [2.05, 4.69) is 10.6 Å². The van der Waals surface area contributed by atoms with Crippen LogP contribution in [0.4, 0.5) is 10.5 Å². The van der Waals surface area contributed by atoms with E-state index >= 15 is 0 Å². The van der Waals surface area contributed by atoms with Gasteiger partial charge in [-0.1, -0.05) is 31.0 Å². The van der Waals surface area contributed by atoms with E-state index < -0.39 is 17.9 Å². The maximum Gasteiger partial charge on any atom is 0.316 e. The number of primary amides is 1. The third-order valence-electron chi connectivity index (χ3n) is 5.97. The second-order valence-electron chi connectivity index (χ2n) is 9.65. The number of carbonyl (C=O) groups is 1. The average molecular weight is 516 g/mol. The maximum atomic E-state index is 10.9. The van der Waals surface area contributed by atoms with Gasteiger partial charge in [0.05, 0.1) is 32.5 Å². The third-order valence-corrected chi connectivity index (χ3v) is 5.97. The van der Waals surface area contributed by atoms with Gasteiger partial charge in [0.2, 0.25) is 5.79 Å². The van der Waals surface area contributed by atoms with Crippen LogP contribution in [0, 0.1) is 0 Å². The average Bonchev–Trinajstić information content (AvgIpc) is 2.85. The number of nitrogens with one attached hydrogen (secondary N) is 2. The smallest absolute Gasteiger partial charge is 0.316 e. The number of unbranched alkanes of at least 4 members (excludes halogenated alkanes) is 3. The lowest BCUT2D eigenvalue weighted by Gasteiger charge is -2.33. The van der Waals surface area contributed by atoms with Gasteiger partial charge >= 0.3 is 6.03 Å². The molecule has 0 saturated heterocycles. The molecule has 2 aromatic rings. The first kappa shape index (κ1) is 28.9. The fraction of sp³-hybridized carbons (Fsp3) is 0.536. The van der Waals surface area contributed by atoms with Crippen molar-refractivity contribution in [2.24, 2.45) is 5.73 Å². The number of rotatable bonds is 16. The zero-order chi connectivity index (χ0) is 26.5. The van der Waals surface area contributed by atoms with Crippen LogP contribution in [0.15, 0.2) is 42.5 Å². The number of benzene rings is 2. The highest BCUT2D eigenvalue weighted by Gasteiger charge is 2.27. The van der Waals surface area contributed by atoms with Gasteiger partial charge in [-0.25, -0.2) is 4.79 Å². The summed E-state index contributed by atoms with van der Waals surface area (Å²) in [7, 11) is 0. The van der Waals surface area contributed by atoms with Crippen LogP contribution in [0.5, 0.6) is 5.75 Å². The van der Waals surface area contributed by atoms with E-state index in [0.29, 0.717) is 38.7 Å². The predicted molar refractivity (Wildman–Crippen MR) is 142 cm³/mol. The first-order chi connectivity index (χ1) is 17.8. The number of fused-ring (bicyclic) bond motifs is 1. The molecule has 37 heavy (non-hydrogen) atoms. The number of ether oxygens (including phenoxy) is 4. The van der Waals surface area contributed by atoms with Crippen molar-refractivity contribution in [3.8, 4) is 5.75 Å². The normalized spacial score (nSPS) is 15.0. The molecule has 2 amide bonds. The molecule has 0 aromatic heterocycles. The maximum absolute atomic E-state index is 10.9. The van der Waals surface area contributed by atoms with Gasteiger partial charge < -0.3 is 40.4 Å². The summed E-state index contributed by atoms with van der Waals surface area (Å²) in [5.74, 6) is 0.204. The minimum absolute atomic E-state index is 0.451. The third kappa shape index (κ3) is 10.7. The number of hydrogen-bond acceptors (Lipinski definition) is 7. The van der Waals surface area contributed by atoms with Crippen molar-refractivity contribution in [3.63, 3.8) is 0 Å². The second kappa shape index (κ2) is 14.9. The summed E-state index contributed by atoms with van der Waals surface area (Å²) in [4.78, 5) is 10.9. The van der Waals surface area contributed by atoms with Gasteiger partial charge in [0.25, 0.3) is 0 Å². The molecule has 1 aliphatic heterocycles. The Hall–Kier alpha value is -2.69. The van der Waals surface area contributed by atoms with Gasteiger partial charge in [-0.05, 0) is 54.8 Å². The van der Waals surface area contributed by atoms with Crippen molar-refractivity contribution in [2.45, 2.75) is 64.6 Å². The molecule has 0 fully saturated rings. The number of hydrogen-bond donors (Lipinski definition) is 4. The molecule has 1 heterocycles. The summed E-state index contributed by atoms with van der Waals surface area (Å²) >= 11 is 0. The molecule has 1 atom stereocenters. The highest BCUT2D eigenvalue weighted by molar-refractivity contribution is 5.87. The van der Waals surface area contributed by atoms with Crippen molar-refractivity contribution >= 4 is 11.7 Å². The van der Waals surface area contributed by atoms with Crippen molar-refractivity contribution in [1.29, 1.82) is 0 Å². The van der Waals surface area contributed by atoms with Crippen LogP contribution in [0.25, 0.3) is 0 Å². The first-order valence-electron chi connectivity index (χ1n) is 13.0. The summed E-state index contributed by atoms with van der Waals surface area (Å²) in [6.07, 6.45) is 3.72. The van der Waals surface area contributed by atoms with Crippen molar-refractivity contribution < 1.29 is 28.8 Å². The molecular formula is C28H41N3O6.